The summed E-state index contributed by atoms with van der Waals surface area (Å²) < 4.78 is 0. The van der Waals surface area contributed by atoms with Crippen LogP contribution in [0.4, 0.5) is 0 Å². The average Bonchev–Trinajstić information content (AvgIpc) is 1.62. The summed E-state index contributed by atoms with van der Waals surface area (Å²) in [7, 11) is 0. The normalized spacial score (nSPS) is 15.7. The molecule has 0 spiro atoms. The van der Waals surface area contributed by atoms with Gasteiger partial charge in [0.05, 0.1) is 6.61 Å². The zero-order chi connectivity index (χ0) is 7.49. The average molecular weight is 130 g/mol. The topological polar surface area (TPSA) is 32.3 Å². The van der Waals surface area contributed by atoms with Crippen LogP contribution in [0.1, 0.15) is 27.7 Å². The maximum absolute atomic E-state index is 8.51. The third kappa shape index (κ3) is 5.80. The molecule has 0 aromatic carbocycles. The van der Waals surface area contributed by atoms with Gasteiger partial charge in [-0.05, 0) is 27.7 Å². The molecule has 2 heteroatoms. The summed E-state index contributed by atoms with van der Waals surface area (Å²) in [5.41, 5.74) is 0.0820. The lowest BCUT2D eigenvalue weighted by Crippen LogP contribution is -2.42. The van der Waals surface area contributed by atoms with Crippen LogP contribution in [0, 0.1) is 6.61 Å². The van der Waals surface area contributed by atoms with E-state index in [2.05, 4.69) is 26.1 Å². The lowest BCUT2D eigenvalue weighted by Gasteiger charge is -2.24. The highest BCUT2D eigenvalue weighted by Gasteiger charge is 2.11. The molecule has 2 nitrogen and oxygen atoms in total. The molecule has 0 fully saturated rings. The van der Waals surface area contributed by atoms with E-state index in [1.807, 2.05) is 6.92 Å². The minimum Gasteiger partial charge on any atom is -0.389 e. The molecule has 1 atom stereocenters. The zero-order valence-electron chi connectivity index (χ0n) is 6.60. The zero-order valence-corrected chi connectivity index (χ0v) is 6.60. The van der Waals surface area contributed by atoms with Gasteiger partial charge in [0.15, 0.2) is 0 Å². The second-order valence-corrected chi connectivity index (χ2v) is 3.33. The molecule has 0 saturated carbocycles. The highest BCUT2D eigenvalue weighted by atomic mass is 16.3. The van der Waals surface area contributed by atoms with Crippen molar-refractivity contribution in [2.24, 2.45) is 0 Å². The molecule has 1 unspecified atom stereocenters. The van der Waals surface area contributed by atoms with Gasteiger partial charge in [0, 0.05) is 11.6 Å². The second-order valence-electron chi connectivity index (χ2n) is 3.33. The summed E-state index contributed by atoms with van der Waals surface area (Å²) in [5, 5.41) is 11.7. The fourth-order valence-corrected chi connectivity index (χ4v) is 0.720. The Morgan fingerprint density at radius 2 is 1.89 bits per heavy atom. The van der Waals surface area contributed by atoms with E-state index in [0.717, 1.165) is 6.61 Å². The molecule has 0 aliphatic carbocycles. The molecule has 0 bridgehead atoms. The largest absolute Gasteiger partial charge is 0.389 e. The van der Waals surface area contributed by atoms with Gasteiger partial charge in [0.2, 0.25) is 0 Å². The molecule has 0 saturated heterocycles. The van der Waals surface area contributed by atoms with Crippen molar-refractivity contribution in [2.45, 2.75) is 39.3 Å². The van der Waals surface area contributed by atoms with E-state index in [-0.39, 0.29) is 11.6 Å². The van der Waals surface area contributed by atoms with Gasteiger partial charge in [-0.3, -0.25) is 0 Å². The van der Waals surface area contributed by atoms with E-state index in [1.165, 1.54) is 0 Å². The Morgan fingerprint density at radius 1 is 1.44 bits per heavy atom. The molecular weight excluding hydrogens is 114 g/mol. The maximum Gasteiger partial charge on any atom is 0.0964 e. The summed E-state index contributed by atoms with van der Waals surface area (Å²) in [5.74, 6) is 0. The predicted molar refractivity (Wildman–Crippen MR) is 38.6 cm³/mol. The van der Waals surface area contributed by atoms with E-state index < -0.39 is 0 Å². The van der Waals surface area contributed by atoms with Crippen molar-refractivity contribution in [3.63, 3.8) is 0 Å². The molecule has 0 aromatic heterocycles. The van der Waals surface area contributed by atoms with Crippen LogP contribution in [0.5, 0.6) is 0 Å². The van der Waals surface area contributed by atoms with Crippen LogP contribution in [-0.2, 0) is 0 Å². The number of aliphatic hydroxyl groups excluding tert-OH is 1. The van der Waals surface area contributed by atoms with Gasteiger partial charge in [0.25, 0.3) is 0 Å². The van der Waals surface area contributed by atoms with Gasteiger partial charge in [0.1, 0.15) is 0 Å². The molecular formula is C7H16NO. The van der Waals surface area contributed by atoms with E-state index in [4.69, 9.17) is 5.11 Å². The van der Waals surface area contributed by atoms with Crippen molar-refractivity contribution < 1.29 is 5.11 Å². The smallest absolute Gasteiger partial charge is 0.0964 e. The van der Waals surface area contributed by atoms with E-state index in [9.17, 15) is 0 Å². The molecule has 0 heterocycles. The number of nitrogens with one attached hydrogen (secondary N) is 1. The summed E-state index contributed by atoms with van der Waals surface area (Å²) in [6, 6.07) is 0.0741. The Balaban J connectivity index is 3.47. The number of hydrogen-bond donors (Lipinski definition) is 2. The minimum atomic E-state index is 0.0741. The van der Waals surface area contributed by atoms with Gasteiger partial charge >= 0.3 is 0 Å². The monoisotopic (exact) mass is 130 g/mol. The van der Waals surface area contributed by atoms with E-state index in [0.29, 0.717) is 0 Å². The molecule has 0 amide bonds. The standard InChI is InChI=1S/C7H16NO/c1-6(5-9)8-7(2,3)4/h5-6,8-9H,1-4H3. The van der Waals surface area contributed by atoms with Crippen molar-refractivity contribution in [3.8, 4) is 0 Å². The van der Waals surface area contributed by atoms with Gasteiger partial charge < -0.3 is 10.4 Å². The van der Waals surface area contributed by atoms with Crippen molar-refractivity contribution in [1.82, 2.24) is 5.32 Å². The first kappa shape index (κ1) is 8.92. The van der Waals surface area contributed by atoms with Crippen LogP contribution in [0.3, 0.4) is 0 Å². The fourth-order valence-electron chi connectivity index (χ4n) is 0.720. The van der Waals surface area contributed by atoms with Crippen molar-refractivity contribution in [2.75, 3.05) is 0 Å². The fraction of sp³-hybridized carbons (Fsp3) is 0.857. The summed E-state index contributed by atoms with van der Waals surface area (Å²) in [4.78, 5) is 0. The predicted octanol–water partition coefficient (Wildman–Crippen LogP) is 1.30. The Hall–Kier alpha value is -0.0800. The number of hydrogen-bond acceptors (Lipinski definition) is 2. The SMILES string of the molecule is CC([CH]O)NC(C)(C)C. The summed E-state index contributed by atoms with van der Waals surface area (Å²) in [6.45, 7) is 9.25. The van der Waals surface area contributed by atoms with Crippen molar-refractivity contribution in [1.29, 1.82) is 0 Å². The molecule has 2 N–H and O–H groups in total. The third-order valence-electron chi connectivity index (χ3n) is 0.884. The van der Waals surface area contributed by atoms with Crippen LogP contribution in [0.15, 0.2) is 0 Å². The van der Waals surface area contributed by atoms with Gasteiger partial charge in [-0.1, -0.05) is 0 Å². The molecule has 1 radical (unpaired) electrons. The molecule has 0 aromatic rings. The first-order chi connectivity index (χ1) is 3.95. The van der Waals surface area contributed by atoms with Crippen LogP contribution in [0.25, 0.3) is 0 Å². The lowest BCUT2D eigenvalue weighted by molar-refractivity contribution is 0.294. The first-order valence-corrected chi connectivity index (χ1v) is 3.21. The quantitative estimate of drug-likeness (QED) is 0.590. The second kappa shape index (κ2) is 3.18. The highest BCUT2D eigenvalue weighted by molar-refractivity contribution is 4.78. The van der Waals surface area contributed by atoms with Crippen molar-refractivity contribution in [3.05, 3.63) is 6.61 Å². The molecule has 55 valence electrons. The maximum atomic E-state index is 8.51. The lowest BCUT2D eigenvalue weighted by atomic mass is 10.1. The Kier molecular flexibility index (Phi) is 3.15. The molecule has 9 heavy (non-hydrogen) atoms. The van der Waals surface area contributed by atoms with E-state index in [1.54, 1.807) is 0 Å². The van der Waals surface area contributed by atoms with Gasteiger partial charge in [-0.25, -0.2) is 0 Å². The molecule has 0 aliphatic heterocycles. The summed E-state index contributed by atoms with van der Waals surface area (Å²) in [6.07, 6.45) is 0. The van der Waals surface area contributed by atoms with Crippen LogP contribution in [-0.4, -0.2) is 16.7 Å². The third-order valence-corrected chi connectivity index (χ3v) is 0.884. The first-order valence-electron chi connectivity index (χ1n) is 3.21. The number of aliphatic hydroxyl groups is 1. The van der Waals surface area contributed by atoms with Gasteiger partial charge in [-0.15, -0.1) is 0 Å². The minimum absolute atomic E-state index is 0.0741. The van der Waals surface area contributed by atoms with Crippen LogP contribution in [0.2, 0.25) is 0 Å². The van der Waals surface area contributed by atoms with E-state index >= 15 is 0 Å². The van der Waals surface area contributed by atoms with Gasteiger partial charge in [-0.2, -0.15) is 0 Å². The Morgan fingerprint density at radius 3 is 2.00 bits per heavy atom. The Labute approximate surface area is 57.3 Å². The Bertz CT molecular complexity index is 75.5. The van der Waals surface area contributed by atoms with Crippen LogP contribution < -0.4 is 5.32 Å². The van der Waals surface area contributed by atoms with Crippen molar-refractivity contribution >= 4 is 0 Å². The highest BCUT2D eigenvalue weighted by Crippen LogP contribution is 2.00. The summed E-state index contributed by atoms with van der Waals surface area (Å²) >= 11 is 0. The number of rotatable bonds is 2. The molecule has 0 aliphatic rings. The molecule has 0 rings (SSSR count). The van der Waals surface area contributed by atoms with Crippen LogP contribution >= 0.6 is 0 Å².